The summed E-state index contributed by atoms with van der Waals surface area (Å²) in [5, 5.41) is 13.9. The van der Waals surface area contributed by atoms with Crippen LogP contribution in [0.4, 0.5) is 33.7 Å². The van der Waals surface area contributed by atoms with Crippen LogP contribution in [0, 0.1) is 26.4 Å². The summed E-state index contributed by atoms with van der Waals surface area (Å²) in [6, 6.07) is 5.82. The van der Waals surface area contributed by atoms with Gasteiger partial charge in [-0.3, -0.25) is 4.79 Å². The Bertz CT molecular complexity index is 1130. The van der Waals surface area contributed by atoms with Crippen LogP contribution in [0.15, 0.2) is 30.3 Å². The van der Waals surface area contributed by atoms with Crippen molar-refractivity contribution in [2.45, 2.75) is 32.9 Å². The highest BCUT2D eigenvalue weighted by molar-refractivity contribution is 14.1. The summed E-state index contributed by atoms with van der Waals surface area (Å²) < 4.78 is 58.6. The van der Waals surface area contributed by atoms with Crippen molar-refractivity contribution >= 4 is 46.0 Å². The molecule has 1 heterocycles. The first-order valence-corrected chi connectivity index (χ1v) is 11.9. The molecule has 2 amide bonds. The highest BCUT2D eigenvalue weighted by Gasteiger charge is 2.47. The van der Waals surface area contributed by atoms with Crippen molar-refractivity contribution in [2.24, 2.45) is 5.41 Å². The number of anilines is 2. The van der Waals surface area contributed by atoms with Gasteiger partial charge in [-0.1, -0.05) is 20.8 Å². The Labute approximate surface area is 214 Å². The third kappa shape index (κ3) is 6.56. The zero-order valence-corrected chi connectivity index (χ0v) is 21.6. The first kappa shape index (κ1) is 27.0. The molecule has 1 N–H and O–H groups in total. The van der Waals surface area contributed by atoms with Gasteiger partial charge in [0.05, 0.1) is 36.6 Å². The van der Waals surface area contributed by atoms with Crippen LogP contribution in [0.25, 0.3) is 0 Å². The Balaban J connectivity index is 1.76. The van der Waals surface area contributed by atoms with Crippen molar-refractivity contribution in [1.82, 2.24) is 9.80 Å². The van der Waals surface area contributed by atoms with Crippen LogP contribution in [0.5, 0.6) is 0 Å². The number of hydrogen-bond donors (Lipinski definition) is 1. The van der Waals surface area contributed by atoms with Gasteiger partial charge in [0.25, 0.3) is 5.91 Å². The van der Waals surface area contributed by atoms with Gasteiger partial charge in [-0.2, -0.15) is 0 Å². The number of nitrogens with one attached hydrogen (secondary N) is 1. The quantitative estimate of drug-likeness (QED) is 0.367. The third-order valence-corrected chi connectivity index (χ3v) is 6.29. The first-order chi connectivity index (χ1) is 16.2. The topological polar surface area (TPSA) is 75.7 Å². The number of hydrogen-bond acceptors (Lipinski definition) is 4. The highest BCUT2D eigenvalue weighted by atomic mass is 127. The minimum Gasteiger partial charge on any atom is -0.530 e. The van der Waals surface area contributed by atoms with Crippen molar-refractivity contribution in [3.63, 3.8) is 0 Å². The third-order valence-electron chi connectivity index (χ3n) is 5.62. The number of rotatable bonds is 7. The number of benzene rings is 2. The molecule has 190 valence electrons. The maximum atomic E-state index is 15.2. The van der Waals surface area contributed by atoms with Crippen molar-refractivity contribution in [2.75, 3.05) is 31.5 Å². The Morgan fingerprint density at radius 1 is 1.14 bits per heavy atom. The van der Waals surface area contributed by atoms with Gasteiger partial charge in [0.1, 0.15) is 11.9 Å². The van der Waals surface area contributed by atoms with E-state index in [2.05, 4.69) is 5.32 Å². The fourth-order valence-corrected chi connectivity index (χ4v) is 4.13. The predicted octanol–water partition coefficient (Wildman–Crippen LogP) is 4.70. The van der Waals surface area contributed by atoms with E-state index in [-0.39, 0.29) is 23.2 Å². The number of nitrogens with zero attached hydrogens (tertiary/aromatic N) is 2. The number of carboxylic acid groups (broad SMARTS) is 1. The Hall–Kier alpha value is -2.57. The Morgan fingerprint density at radius 3 is 2.37 bits per heavy atom. The second-order valence-corrected chi connectivity index (χ2v) is 11.1. The maximum Gasteiger partial charge on any atom is 0.256 e. The number of likely N-dealkylation sites (tertiary alicyclic amines) is 1. The first-order valence-electron chi connectivity index (χ1n) is 10.8. The minimum atomic E-state index is -2.01. The van der Waals surface area contributed by atoms with E-state index in [4.69, 9.17) is 0 Å². The minimum absolute atomic E-state index is 0.0737. The average molecular weight is 606 g/mol. The standard InChI is InChI=1S/C24H26F4IN3O3/c1-23(2,3)8-9-31(22(34)35)11-24(28)12-32(13-24)21(33)15-5-6-16(25)19(27)20(15)30-18-7-4-14(29)10-17(18)26/h4-7,10,30H,8-9,11-13H2,1-3H3,(H,34,35)/p-1. The molecule has 0 aliphatic carbocycles. The molecule has 0 radical (unpaired) electrons. The van der Waals surface area contributed by atoms with Crippen molar-refractivity contribution in [3.05, 3.63) is 56.9 Å². The number of amides is 2. The van der Waals surface area contributed by atoms with E-state index in [1.165, 1.54) is 12.1 Å². The summed E-state index contributed by atoms with van der Waals surface area (Å²) in [7, 11) is 0. The summed E-state index contributed by atoms with van der Waals surface area (Å²) in [6.45, 7) is 4.47. The molecule has 1 aliphatic heterocycles. The van der Waals surface area contributed by atoms with Crippen LogP contribution in [0.1, 0.15) is 37.6 Å². The number of carbonyl (C=O) groups is 2. The van der Waals surface area contributed by atoms with Gasteiger partial charge in [0, 0.05) is 10.1 Å². The second-order valence-electron chi connectivity index (χ2n) is 9.84. The Morgan fingerprint density at radius 2 is 1.80 bits per heavy atom. The SMILES string of the molecule is CC(C)(C)CCN(CC1(F)CN(C(=O)c2ccc(F)c(F)c2Nc2ccc(I)cc2F)C1)C(=O)[O-]. The zero-order chi connectivity index (χ0) is 26.1. The van der Waals surface area contributed by atoms with E-state index < -0.39 is 60.4 Å². The van der Waals surface area contributed by atoms with Crippen LogP contribution in [-0.2, 0) is 0 Å². The molecule has 0 unspecified atom stereocenters. The summed E-state index contributed by atoms with van der Waals surface area (Å²) in [5.41, 5.74) is -3.25. The molecular weight excluding hydrogens is 581 g/mol. The normalized spacial score (nSPS) is 14.9. The monoisotopic (exact) mass is 606 g/mol. The zero-order valence-electron chi connectivity index (χ0n) is 19.4. The summed E-state index contributed by atoms with van der Waals surface area (Å²) in [4.78, 5) is 26.4. The predicted molar refractivity (Wildman–Crippen MR) is 130 cm³/mol. The van der Waals surface area contributed by atoms with Gasteiger partial charge in [0.15, 0.2) is 17.3 Å². The molecule has 1 fully saturated rings. The summed E-state index contributed by atoms with van der Waals surface area (Å²) >= 11 is 1.89. The van der Waals surface area contributed by atoms with Gasteiger partial charge in [-0.25, -0.2) is 17.6 Å². The number of alkyl halides is 1. The van der Waals surface area contributed by atoms with Gasteiger partial charge >= 0.3 is 0 Å². The molecule has 11 heteroatoms. The fraction of sp³-hybridized carbons (Fsp3) is 0.417. The number of halogens is 5. The summed E-state index contributed by atoms with van der Waals surface area (Å²) in [5.74, 6) is -4.17. The summed E-state index contributed by atoms with van der Waals surface area (Å²) in [6.07, 6.45) is -1.03. The number of carbonyl (C=O) groups excluding carboxylic acids is 2. The van der Waals surface area contributed by atoms with Crippen LogP contribution in [0.3, 0.4) is 0 Å². The van der Waals surface area contributed by atoms with Gasteiger partial charge in [0.2, 0.25) is 0 Å². The van der Waals surface area contributed by atoms with Crippen LogP contribution in [0.2, 0.25) is 0 Å². The lowest BCUT2D eigenvalue weighted by Gasteiger charge is -2.47. The van der Waals surface area contributed by atoms with E-state index in [1.54, 1.807) is 6.07 Å². The van der Waals surface area contributed by atoms with E-state index in [1.807, 2.05) is 43.4 Å². The lowest BCUT2D eigenvalue weighted by Crippen LogP contribution is -2.66. The highest BCUT2D eigenvalue weighted by Crippen LogP contribution is 2.33. The molecule has 0 atom stereocenters. The van der Waals surface area contributed by atoms with E-state index in [0.717, 1.165) is 21.9 Å². The van der Waals surface area contributed by atoms with Crippen LogP contribution >= 0.6 is 22.6 Å². The lowest BCUT2D eigenvalue weighted by molar-refractivity contribution is -0.268. The van der Waals surface area contributed by atoms with E-state index in [0.29, 0.717) is 9.99 Å². The average Bonchev–Trinajstić information content (AvgIpc) is 2.73. The molecule has 0 saturated carbocycles. The van der Waals surface area contributed by atoms with Gasteiger partial charge < -0.3 is 25.0 Å². The Kier molecular flexibility index (Phi) is 7.87. The van der Waals surface area contributed by atoms with Gasteiger partial charge in [-0.15, -0.1) is 0 Å². The molecule has 0 spiro atoms. The van der Waals surface area contributed by atoms with E-state index >= 15 is 4.39 Å². The van der Waals surface area contributed by atoms with Crippen molar-refractivity contribution < 1.29 is 32.3 Å². The molecule has 0 bridgehead atoms. The van der Waals surface area contributed by atoms with E-state index in [9.17, 15) is 27.9 Å². The lowest BCUT2D eigenvalue weighted by atomic mass is 9.91. The molecular formula is C24H25F4IN3O3-. The molecule has 2 aromatic rings. The second kappa shape index (κ2) is 10.2. The molecule has 0 aromatic heterocycles. The largest absolute Gasteiger partial charge is 0.530 e. The molecule has 6 nitrogen and oxygen atoms in total. The van der Waals surface area contributed by atoms with Crippen LogP contribution < -0.4 is 10.4 Å². The molecule has 3 rings (SSSR count). The molecule has 1 aliphatic rings. The molecule has 2 aromatic carbocycles. The molecule has 35 heavy (non-hydrogen) atoms. The van der Waals surface area contributed by atoms with Crippen molar-refractivity contribution in [1.29, 1.82) is 0 Å². The van der Waals surface area contributed by atoms with Crippen LogP contribution in [-0.4, -0.2) is 53.6 Å². The fourth-order valence-electron chi connectivity index (χ4n) is 3.68. The molecule has 1 saturated heterocycles. The van der Waals surface area contributed by atoms with Crippen molar-refractivity contribution in [3.8, 4) is 0 Å². The van der Waals surface area contributed by atoms with Gasteiger partial charge in [-0.05, 0) is 64.8 Å². The maximum absolute atomic E-state index is 15.2. The smallest absolute Gasteiger partial charge is 0.256 e.